The van der Waals surface area contributed by atoms with Crippen molar-refractivity contribution >= 4 is 11.9 Å². The van der Waals surface area contributed by atoms with Gasteiger partial charge in [-0.3, -0.25) is 4.79 Å². The van der Waals surface area contributed by atoms with Crippen LogP contribution in [0.3, 0.4) is 0 Å². The van der Waals surface area contributed by atoms with E-state index in [2.05, 4.69) is 19.9 Å². The molecule has 4 heteroatoms. The van der Waals surface area contributed by atoms with Crippen molar-refractivity contribution in [2.45, 2.75) is 40.5 Å². The van der Waals surface area contributed by atoms with E-state index in [1.807, 2.05) is 13.0 Å². The minimum Gasteiger partial charge on any atom is -0.458 e. The number of allylic oxidation sites excluding steroid dienone is 3. The SMILES string of the molecule is CC(=O)Oc1ccccc1C(=O)OC/C=C(\C)CCC=C(C)C. The van der Waals surface area contributed by atoms with E-state index >= 15 is 0 Å². The molecule has 0 radical (unpaired) electrons. The normalized spacial score (nSPS) is 10.9. The predicted molar refractivity (Wildman–Crippen MR) is 90.5 cm³/mol. The maximum atomic E-state index is 12.1. The first-order chi connectivity index (χ1) is 10.9. The van der Waals surface area contributed by atoms with Gasteiger partial charge in [0.2, 0.25) is 0 Å². The fourth-order valence-corrected chi connectivity index (χ4v) is 1.91. The minimum atomic E-state index is -0.504. The minimum absolute atomic E-state index is 0.202. The van der Waals surface area contributed by atoms with Gasteiger partial charge in [-0.15, -0.1) is 0 Å². The predicted octanol–water partition coefficient (Wildman–Crippen LogP) is 4.46. The summed E-state index contributed by atoms with van der Waals surface area (Å²) in [4.78, 5) is 23.1. The van der Waals surface area contributed by atoms with Gasteiger partial charge in [0.1, 0.15) is 17.9 Å². The van der Waals surface area contributed by atoms with Crippen LogP contribution in [0.25, 0.3) is 0 Å². The lowest BCUT2D eigenvalue weighted by Gasteiger charge is -2.08. The molecule has 0 heterocycles. The lowest BCUT2D eigenvalue weighted by atomic mass is 10.1. The van der Waals surface area contributed by atoms with Crippen molar-refractivity contribution in [1.82, 2.24) is 0 Å². The fraction of sp³-hybridized carbons (Fsp3) is 0.368. The molecular formula is C19H24O4. The van der Waals surface area contributed by atoms with Crippen LogP contribution in [0.2, 0.25) is 0 Å². The molecule has 0 fully saturated rings. The zero-order chi connectivity index (χ0) is 17.2. The van der Waals surface area contributed by atoms with Crippen LogP contribution in [0, 0.1) is 0 Å². The standard InChI is InChI=1S/C19H24O4/c1-14(2)8-7-9-15(3)12-13-22-19(21)17-10-5-6-11-18(17)23-16(4)20/h5-6,8,10-12H,7,9,13H2,1-4H3/b15-12+. The molecule has 1 aromatic carbocycles. The highest BCUT2D eigenvalue weighted by atomic mass is 16.5. The Morgan fingerprint density at radius 3 is 2.39 bits per heavy atom. The van der Waals surface area contributed by atoms with E-state index in [4.69, 9.17) is 9.47 Å². The molecule has 0 saturated heterocycles. The van der Waals surface area contributed by atoms with Crippen LogP contribution in [0.15, 0.2) is 47.6 Å². The molecule has 0 spiro atoms. The van der Waals surface area contributed by atoms with Crippen LogP contribution >= 0.6 is 0 Å². The van der Waals surface area contributed by atoms with Gasteiger partial charge < -0.3 is 9.47 Å². The van der Waals surface area contributed by atoms with E-state index in [0.29, 0.717) is 0 Å². The number of rotatable bonds is 7. The molecule has 0 saturated carbocycles. The van der Waals surface area contributed by atoms with Gasteiger partial charge in [-0.05, 0) is 51.8 Å². The summed E-state index contributed by atoms with van der Waals surface area (Å²) in [6, 6.07) is 6.54. The first-order valence-electron chi connectivity index (χ1n) is 7.63. The van der Waals surface area contributed by atoms with Gasteiger partial charge in [-0.25, -0.2) is 4.79 Å². The third-order valence-electron chi connectivity index (χ3n) is 3.10. The zero-order valence-electron chi connectivity index (χ0n) is 14.2. The largest absolute Gasteiger partial charge is 0.458 e. The van der Waals surface area contributed by atoms with E-state index in [1.165, 1.54) is 18.1 Å². The third-order valence-corrected chi connectivity index (χ3v) is 3.10. The molecule has 0 aliphatic heterocycles. The Bertz CT molecular complexity index is 608. The van der Waals surface area contributed by atoms with E-state index in [-0.39, 0.29) is 17.9 Å². The van der Waals surface area contributed by atoms with Crippen molar-refractivity contribution < 1.29 is 19.1 Å². The summed E-state index contributed by atoms with van der Waals surface area (Å²) in [7, 11) is 0. The Morgan fingerprint density at radius 2 is 1.74 bits per heavy atom. The molecule has 0 unspecified atom stereocenters. The number of hydrogen-bond donors (Lipinski definition) is 0. The van der Waals surface area contributed by atoms with Gasteiger partial charge in [0, 0.05) is 6.92 Å². The Labute approximate surface area is 137 Å². The number of ether oxygens (including phenoxy) is 2. The molecule has 1 aromatic rings. The number of esters is 2. The Hall–Kier alpha value is -2.36. The molecule has 0 aromatic heterocycles. The maximum absolute atomic E-state index is 12.1. The van der Waals surface area contributed by atoms with Crippen LogP contribution in [0.4, 0.5) is 0 Å². The van der Waals surface area contributed by atoms with Crippen molar-refractivity contribution in [3.63, 3.8) is 0 Å². The molecule has 0 amide bonds. The van der Waals surface area contributed by atoms with Crippen LogP contribution in [0.5, 0.6) is 5.75 Å². The van der Waals surface area contributed by atoms with Crippen LogP contribution in [-0.2, 0) is 9.53 Å². The monoisotopic (exact) mass is 316 g/mol. The summed E-state index contributed by atoms with van der Waals surface area (Å²) in [6.45, 7) is 7.65. The molecule has 0 aliphatic rings. The molecule has 4 nitrogen and oxygen atoms in total. The maximum Gasteiger partial charge on any atom is 0.342 e. The first-order valence-corrected chi connectivity index (χ1v) is 7.63. The average Bonchev–Trinajstić information content (AvgIpc) is 2.46. The van der Waals surface area contributed by atoms with Crippen molar-refractivity contribution in [2.75, 3.05) is 6.61 Å². The van der Waals surface area contributed by atoms with E-state index in [9.17, 15) is 9.59 Å². The average molecular weight is 316 g/mol. The van der Waals surface area contributed by atoms with Gasteiger partial charge in [0.25, 0.3) is 0 Å². The van der Waals surface area contributed by atoms with E-state index < -0.39 is 11.9 Å². The highest BCUT2D eigenvalue weighted by molar-refractivity contribution is 5.93. The Morgan fingerprint density at radius 1 is 1.04 bits per heavy atom. The fourth-order valence-electron chi connectivity index (χ4n) is 1.91. The molecule has 0 atom stereocenters. The van der Waals surface area contributed by atoms with Crippen molar-refractivity contribution in [3.05, 3.63) is 53.1 Å². The molecule has 0 aliphatic carbocycles. The highest BCUT2D eigenvalue weighted by Crippen LogP contribution is 2.19. The summed E-state index contributed by atoms with van der Waals surface area (Å²) in [5.74, 6) is -0.760. The molecule has 0 bridgehead atoms. The van der Waals surface area contributed by atoms with Crippen molar-refractivity contribution in [1.29, 1.82) is 0 Å². The topological polar surface area (TPSA) is 52.6 Å². The summed E-state index contributed by atoms with van der Waals surface area (Å²) in [5.41, 5.74) is 2.72. The van der Waals surface area contributed by atoms with Crippen LogP contribution in [-0.4, -0.2) is 18.5 Å². The number of carbonyl (C=O) groups is 2. The molecule has 23 heavy (non-hydrogen) atoms. The van der Waals surface area contributed by atoms with Gasteiger partial charge in [0.15, 0.2) is 0 Å². The molecular weight excluding hydrogens is 292 g/mol. The van der Waals surface area contributed by atoms with Crippen LogP contribution in [0.1, 0.15) is 50.9 Å². The summed E-state index contributed by atoms with van der Waals surface area (Å²) in [6.07, 6.45) is 5.99. The Kier molecular flexibility index (Phi) is 7.81. The van der Waals surface area contributed by atoms with E-state index in [1.54, 1.807) is 24.3 Å². The lowest BCUT2D eigenvalue weighted by Crippen LogP contribution is -2.10. The van der Waals surface area contributed by atoms with Gasteiger partial charge in [-0.2, -0.15) is 0 Å². The Balaban J connectivity index is 2.57. The van der Waals surface area contributed by atoms with Gasteiger partial charge in [0.05, 0.1) is 0 Å². The summed E-state index contributed by atoms with van der Waals surface area (Å²) in [5, 5.41) is 0. The summed E-state index contributed by atoms with van der Waals surface area (Å²) >= 11 is 0. The quantitative estimate of drug-likeness (QED) is 0.423. The smallest absolute Gasteiger partial charge is 0.342 e. The van der Waals surface area contributed by atoms with Crippen molar-refractivity contribution in [2.24, 2.45) is 0 Å². The number of para-hydroxylation sites is 1. The number of benzene rings is 1. The highest BCUT2D eigenvalue weighted by Gasteiger charge is 2.14. The van der Waals surface area contributed by atoms with Crippen molar-refractivity contribution in [3.8, 4) is 5.75 Å². The van der Waals surface area contributed by atoms with Gasteiger partial charge in [-0.1, -0.05) is 29.4 Å². The second-order valence-corrected chi connectivity index (χ2v) is 5.56. The summed E-state index contributed by atoms with van der Waals surface area (Å²) < 4.78 is 10.2. The molecule has 1 rings (SSSR count). The first kappa shape index (κ1) is 18.7. The second kappa shape index (κ2) is 9.62. The molecule has 0 N–H and O–H groups in total. The zero-order valence-corrected chi connectivity index (χ0v) is 14.2. The molecule has 124 valence electrons. The second-order valence-electron chi connectivity index (χ2n) is 5.56. The van der Waals surface area contributed by atoms with Crippen LogP contribution < -0.4 is 4.74 Å². The lowest BCUT2D eigenvalue weighted by molar-refractivity contribution is -0.131. The van der Waals surface area contributed by atoms with Gasteiger partial charge >= 0.3 is 11.9 Å². The number of hydrogen-bond acceptors (Lipinski definition) is 4. The number of carbonyl (C=O) groups excluding carboxylic acids is 2. The van der Waals surface area contributed by atoms with E-state index in [0.717, 1.165) is 12.8 Å². The third kappa shape index (κ3) is 7.45.